The molecule has 144 valence electrons. The van der Waals surface area contributed by atoms with Crippen LogP contribution < -0.4 is 10.6 Å². The quantitative estimate of drug-likeness (QED) is 0.279. The van der Waals surface area contributed by atoms with Gasteiger partial charge in [-0.3, -0.25) is 10.1 Å². The number of para-hydroxylation sites is 2. The first kappa shape index (κ1) is 19.5. The third-order valence-electron chi connectivity index (χ3n) is 4.44. The molecule has 0 atom stereocenters. The van der Waals surface area contributed by atoms with Gasteiger partial charge in [-0.05, 0) is 95.8 Å². The van der Waals surface area contributed by atoms with E-state index in [9.17, 15) is 4.79 Å². The highest BCUT2D eigenvalue weighted by atomic mass is 127. The highest BCUT2D eigenvalue weighted by Crippen LogP contribution is 2.30. The van der Waals surface area contributed by atoms with Crippen molar-refractivity contribution < 1.29 is 9.21 Å². The second-order valence-electron chi connectivity index (χ2n) is 6.38. The van der Waals surface area contributed by atoms with Gasteiger partial charge in [-0.15, -0.1) is 0 Å². The van der Waals surface area contributed by atoms with Gasteiger partial charge in [0.1, 0.15) is 5.52 Å². The summed E-state index contributed by atoms with van der Waals surface area (Å²) in [5.41, 5.74) is 4.65. The molecule has 29 heavy (non-hydrogen) atoms. The Morgan fingerprint density at radius 1 is 1.03 bits per heavy atom. The molecule has 0 aliphatic rings. The summed E-state index contributed by atoms with van der Waals surface area (Å²) in [7, 11) is 0. The number of hydrogen-bond acceptors (Lipinski definition) is 4. The number of nitrogens with zero attached hydrogens (tertiary/aromatic N) is 1. The monoisotopic (exact) mass is 513 g/mol. The molecule has 0 bridgehead atoms. The van der Waals surface area contributed by atoms with Crippen molar-refractivity contribution >= 4 is 62.6 Å². The highest BCUT2D eigenvalue weighted by molar-refractivity contribution is 14.1. The lowest BCUT2D eigenvalue weighted by molar-refractivity contribution is 0.0977. The lowest BCUT2D eigenvalue weighted by Gasteiger charge is -2.13. The Morgan fingerprint density at radius 2 is 1.79 bits per heavy atom. The molecule has 0 radical (unpaired) electrons. The standard InChI is InChI=1S/C22H16IN3O2S/c1-13-16(21-24-18-6-2-3-8-19(18)28-21)5-4-7-17(13)25-22(29)26-20(27)14-9-11-15(23)12-10-14/h2-12H,1H3,(H2,25,26,27,29). The second-order valence-corrected chi connectivity index (χ2v) is 8.03. The molecule has 1 amide bonds. The number of fused-ring (bicyclic) bond motifs is 1. The molecule has 3 aromatic carbocycles. The topological polar surface area (TPSA) is 67.2 Å². The van der Waals surface area contributed by atoms with Gasteiger partial charge in [-0.25, -0.2) is 4.98 Å². The number of carbonyl (C=O) groups is 1. The van der Waals surface area contributed by atoms with Crippen LogP contribution in [0.3, 0.4) is 0 Å². The van der Waals surface area contributed by atoms with Crippen molar-refractivity contribution in [1.29, 1.82) is 0 Å². The summed E-state index contributed by atoms with van der Waals surface area (Å²) in [6, 6.07) is 20.6. The third-order valence-corrected chi connectivity index (χ3v) is 5.36. The van der Waals surface area contributed by atoms with Crippen LogP contribution >= 0.6 is 34.8 Å². The number of benzene rings is 3. The lowest BCUT2D eigenvalue weighted by atomic mass is 10.1. The summed E-state index contributed by atoms with van der Waals surface area (Å²) in [5, 5.41) is 6.03. The van der Waals surface area contributed by atoms with Gasteiger partial charge >= 0.3 is 0 Å². The molecular formula is C22H16IN3O2S. The molecule has 0 unspecified atom stereocenters. The van der Waals surface area contributed by atoms with Crippen molar-refractivity contribution in [3.8, 4) is 11.5 Å². The number of carbonyl (C=O) groups excluding carboxylic acids is 1. The van der Waals surface area contributed by atoms with Crippen LogP contribution in [-0.4, -0.2) is 16.0 Å². The normalized spacial score (nSPS) is 10.7. The van der Waals surface area contributed by atoms with E-state index in [4.69, 9.17) is 16.6 Å². The zero-order valence-electron chi connectivity index (χ0n) is 15.4. The fourth-order valence-corrected chi connectivity index (χ4v) is 3.48. The van der Waals surface area contributed by atoms with Crippen LogP contribution in [0, 0.1) is 10.5 Å². The minimum absolute atomic E-state index is 0.228. The average Bonchev–Trinajstić information content (AvgIpc) is 3.14. The van der Waals surface area contributed by atoms with Crippen molar-refractivity contribution in [2.75, 3.05) is 5.32 Å². The van der Waals surface area contributed by atoms with Gasteiger partial charge in [0, 0.05) is 20.4 Å². The number of hydrogen-bond donors (Lipinski definition) is 2. The maximum atomic E-state index is 12.4. The number of thiocarbonyl (C=S) groups is 1. The number of oxazole rings is 1. The van der Waals surface area contributed by atoms with E-state index in [2.05, 4.69) is 38.2 Å². The number of nitrogens with one attached hydrogen (secondary N) is 2. The van der Waals surface area contributed by atoms with Gasteiger partial charge in [0.25, 0.3) is 5.91 Å². The van der Waals surface area contributed by atoms with Crippen molar-refractivity contribution in [2.24, 2.45) is 0 Å². The van der Waals surface area contributed by atoms with Crippen molar-refractivity contribution in [3.63, 3.8) is 0 Å². The Labute approximate surface area is 186 Å². The van der Waals surface area contributed by atoms with Crippen LogP contribution in [0.2, 0.25) is 0 Å². The first-order valence-corrected chi connectivity index (χ1v) is 10.3. The SMILES string of the molecule is Cc1c(NC(=S)NC(=O)c2ccc(I)cc2)cccc1-c1nc2ccccc2o1. The molecule has 1 aromatic heterocycles. The molecule has 7 heteroatoms. The van der Waals surface area contributed by atoms with Gasteiger partial charge in [0.15, 0.2) is 10.7 Å². The van der Waals surface area contributed by atoms with Gasteiger partial charge < -0.3 is 9.73 Å². The number of aromatic nitrogens is 1. The van der Waals surface area contributed by atoms with Crippen LogP contribution in [0.5, 0.6) is 0 Å². The van der Waals surface area contributed by atoms with Crippen LogP contribution in [0.1, 0.15) is 15.9 Å². The Balaban J connectivity index is 1.53. The molecule has 5 nitrogen and oxygen atoms in total. The average molecular weight is 513 g/mol. The first-order valence-electron chi connectivity index (χ1n) is 8.85. The first-order chi connectivity index (χ1) is 14.0. The number of anilines is 1. The molecule has 4 rings (SSSR count). The number of rotatable bonds is 3. The van der Waals surface area contributed by atoms with Crippen molar-refractivity contribution in [1.82, 2.24) is 10.3 Å². The maximum absolute atomic E-state index is 12.4. The third kappa shape index (κ3) is 4.30. The lowest BCUT2D eigenvalue weighted by Crippen LogP contribution is -2.34. The molecule has 4 aromatic rings. The summed E-state index contributed by atoms with van der Waals surface area (Å²) in [5.74, 6) is 0.285. The minimum Gasteiger partial charge on any atom is -0.436 e. The smallest absolute Gasteiger partial charge is 0.257 e. The molecule has 0 aliphatic heterocycles. The van der Waals surface area contributed by atoms with E-state index >= 15 is 0 Å². The maximum Gasteiger partial charge on any atom is 0.257 e. The van der Waals surface area contributed by atoms with E-state index in [1.54, 1.807) is 12.1 Å². The van der Waals surface area contributed by atoms with E-state index in [1.165, 1.54) is 0 Å². The predicted molar refractivity (Wildman–Crippen MR) is 127 cm³/mol. The van der Waals surface area contributed by atoms with Crippen molar-refractivity contribution in [2.45, 2.75) is 6.92 Å². The zero-order chi connectivity index (χ0) is 20.4. The van der Waals surface area contributed by atoms with E-state index in [0.29, 0.717) is 11.5 Å². The Kier molecular flexibility index (Phi) is 5.59. The van der Waals surface area contributed by atoms with Crippen LogP contribution in [0.4, 0.5) is 5.69 Å². The molecule has 0 saturated heterocycles. The largest absolute Gasteiger partial charge is 0.436 e. The Bertz CT molecular complexity index is 1190. The minimum atomic E-state index is -0.258. The fraction of sp³-hybridized carbons (Fsp3) is 0.0455. The van der Waals surface area contributed by atoms with E-state index in [-0.39, 0.29) is 11.0 Å². The summed E-state index contributed by atoms with van der Waals surface area (Å²) in [4.78, 5) is 16.9. The summed E-state index contributed by atoms with van der Waals surface area (Å²) < 4.78 is 6.95. The molecule has 0 spiro atoms. The summed E-state index contributed by atoms with van der Waals surface area (Å²) in [6.45, 7) is 1.95. The number of halogens is 1. The molecule has 1 heterocycles. The summed E-state index contributed by atoms with van der Waals surface area (Å²) in [6.07, 6.45) is 0. The molecule has 0 saturated carbocycles. The summed E-state index contributed by atoms with van der Waals surface area (Å²) >= 11 is 7.52. The Hall–Kier alpha value is -2.78. The molecule has 2 N–H and O–H groups in total. The zero-order valence-corrected chi connectivity index (χ0v) is 18.4. The van der Waals surface area contributed by atoms with Gasteiger partial charge in [-0.2, -0.15) is 0 Å². The predicted octanol–water partition coefficient (Wildman–Crippen LogP) is 5.53. The van der Waals surface area contributed by atoms with Crippen LogP contribution in [0.15, 0.2) is 71.1 Å². The van der Waals surface area contributed by atoms with E-state index in [0.717, 1.165) is 31.5 Å². The van der Waals surface area contributed by atoms with Gasteiger partial charge in [0.05, 0.1) is 0 Å². The molecule has 0 fully saturated rings. The van der Waals surface area contributed by atoms with E-state index in [1.807, 2.05) is 61.5 Å². The highest BCUT2D eigenvalue weighted by Gasteiger charge is 2.14. The number of amides is 1. The van der Waals surface area contributed by atoms with E-state index < -0.39 is 0 Å². The fourth-order valence-electron chi connectivity index (χ4n) is 2.92. The van der Waals surface area contributed by atoms with Gasteiger partial charge in [0.2, 0.25) is 5.89 Å². The van der Waals surface area contributed by atoms with Crippen molar-refractivity contribution in [3.05, 3.63) is 81.4 Å². The molecular weight excluding hydrogens is 497 g/mol. The van der Waals surface area contributed by atoms with Crippen LogP contribution in [-0.2, 0) is 0 Å². The van der Waals surface area contributed by atoms with Crippen LogP contribution in [0.25, 0.3) is 22.6 Å². The second kappa shape index (κ2) is 8.30. The Morgan fingerprint density at radius 3 is 2.55 bits per heavy atom. The molecule has 0 aliphatic carbocycles. The van der Waals surface area contributed by atoms with Gasteiger partial charge in [-0.1, -0.05) is 18.2 Å².